The standard InChI is InChI=1S/C12H13NO2/c1-2-7-13-11(14)8-9-5-3-4-6-10(9)12(13)15/h3-6,8,14H,2,7H2,1H3. The lowest BCUT2D eigenvalue weighted by Gasteiger charge is -2.08. The highest BCUT2D eigenvalue weighted by atomic mass is 16.3. The second kappa shape index (κ2) is 3.77. The summed E-state index contributed by atoms with van der Waals surface area (Å²) >= 11 is 0. The van der Waals surface area contributed by atoms with Gasteiger partial charge in [0.25, 0.3) is 5.56 Å². The van der Waals surface area contributed by atoms with E-state index < -0.39 is 0 Å². The first-order chi connectivity index (χ1) is 7.24. The highest BCUT2D eigenvalue weighted by molar-refractivity contribution is 5.82. The van der Waals surface area contributed by atoms with Crippen LogP contribution in [0.2, 0.25) is 0 Å². The Morgan fingerprint density at radius 3 is 2.80 bits per heavy atom. The van der Waals surface area contributed by atoms with E-state index in [0.29, 0.717) is 11.9 Å². The van der Waals surface area contributed by atoms with Gasteiger partial charge in [-0.3, -0.25) is 9.36 Å². The van der Waals surface area contributed by atoms with Gasteiger partial charge in [-0.25, -0.2) is 0 Å². The van der Waals surface area contributed by atoms with Crippen molar-refractivity contribution < 1.29 is 5.11 Å². The van der Waals surface area contributed by atoms with Gasteiger partial charge in [0.15, 0.2) is 5.88 Å². The molecule has 1 heterocycles. The maximum absolute atomic E-state index is 11.9. The van der Waals surface area contributed by atoms with Crippen molar-refractivity contribution in [2.45, 2.75) is 19.9 Å². The van der Waals surface area contributed by atoms with Crippen molar-refractivity contribution in [1.29, 1.82) is 0 Å². The maximum atomic E-state index is 11.9. The van der Waals surface area contributed by atoms with Crippen LogP contribution in [0.3, 0.4) is 0 Å². The van der Waals surface area contributed by atoms with Crippen LogP contribution in [0.4, 0.5) is 0 Å². The van der Waals surface area contributed by atoms with Crippen LogP contribution in [0, 0.1) is 0 Å². The zero-order valence-electron chi connectivity index (χ0n) is 8.60. The van der Waals surface area contributed by atoms with E-state index in [1.54, 1.807) is 12.1 Å². The smallest absolute Gasteiger partial charge is 0.261 e. The molecule has 0 atom stereocenters. The zero-order chi connectivity index (χ0) is 10.8. The van der Waals surface area contributed by atoms with E-state index in [9.17, 15) is 9.90 Å². The number of hydrogen-bond acceptors (Lipinski definition) is 2. The molecule has 3 heteroatoms. The molecular formula is C12H13NO2. The van der Waals surface area contributed by atoms with Crippen molar-refractivity contribution in [1.82, 2.24) is 4.57 Å². The number of rotatable bonds is 2. The monoisotopic (exact) mass is 203 g/mol. The van der Waals surface area contributed by atoms with Crippen molar-refractivity contribution in [2.24, 2.45) is 0 Å². The van der Waals surface area contributed by atoms with Crippen LogP contribution in [0.25, 0.3) is 10.8 Å². The van der Waals surface area contributed by atoms with Crippen molar-refractivity contribution in [3.63, 3.8) is 0 Å². The van der Waals surface area contributed by atoms with Gasteiger partial charge in [-0.2, -0.15) is 0 Å². The number of fused-ring (bicyclic) bond motifs is 1. The maximum Gasteiger partial charge on any atom is 0.261 e. The van der Waals surface area contributed by atoms with E-state index in [-0.39, 0.29) is 11.4 Å². The minimum Gasteiger partial charge on any atom is -0.494 e. The normalized spacial score (nSPS) is 10.7. The number of aromatic hydroxyl groups is 1. The lowest BCUT2D eigenvalue weighted by atomic mass is 10.2. The molecule has 0 aliphatic rings. The van der Waals surface area contributed by atoms with Gasteiger partial charge in [0.1, 0.15) is 0 Å². The lowest BCUT2D eigenvalue weighted by Crippen LogP contribution is -2.19. The SMILES string of the molecule is CCCn1c(O)cc2ccccc2c1=O. The van der Waals surface area contributed by atoms with Crippen LogP contribution in [-0.2, 0) is 6.54 Å². The van der Waals surface area contributed by atoms with Crippen LogP contribution in [0.1, 0.15) is 13.3 Å². The quantitative estimate of drug-likeness (QED) is 0.812. The van der Waals surface area contributed by atoms with Crippen molar-refractivity contribution in [3.8, 4) is 5.88 Å². The fourth-order valence-corrected chi connectivity index (χ4v) is 1.72. The topological polar surface area (TPSA) is 42.2 Å². The molecule has 2 rings (SSSR count). The van der Waals surface area contributed by atoms with E-state index in [2.05, 4.69) is 0 Å². The van der Waals surface area contributed by atoms with E-state index in [1.165, 1.54) is 4.57 Å². The first-order valence-corrected chi connectivity index (χ1v) is 5.05. The highest BCUT2D eigenvalue weighted by Gasteiger charge is 2.06. The van der Waals surface area contributed by atoms with Crippen LogP contribution >= 0.6 is 0 Å². The molecule has 0 saturated heterocycles. The summed E-state index contributed by atoms with van der Waals surface area (Å²) in [5.41, 5.74) is -0.118. The van der Waals surface area contributed by atoms with Gasteiger partial charge in [0.05, 0.1) is 0 Å². The molecule has 0 spiro atoms. The van der Waals surface area contributed by atoms with Gasteiger partial charge in [-0.1, -0.05) is 25.1 Å². The Kier molecular flexibility index (Phi) is 2.46. The van der Waals surface area contributed by atoms with Gasteiger partial charge in [0.2, 0.25) is 0 Å². The molecule has 0 fully saturated rings. The van der Waals surface area contributed by atoms with Crippen LogP contribution in [-0.4, -0.2) is 9.67 Å². The van der Waals surface area contributed by atoms with E-state index >= 15 is 0 Å². The summed E-state index contributed by atoms with van der Waals surface area (Å²) in [5, 5.41) is 11.1. The Morgan fingerprint density at radius 1 is 1.33 bits per heavy atom. The van der Waals surface area contributed by atoms with E-state index in [0.717, 1.165) is 11.8 Å². The number of pyridine rings is 1. The average Bonchev–Trinajstić information content (AvgIpc) is 2.24. The molecule has 2 aromatic rings. The molecule has 0 amide bonds. The van der Waals surface area contributed by atoms with Gasteiger partial charge in [0, 0.05) is 18.0 Å². The largest absolute Gasteiger partial charge is 0.494 e. The summed E-state index contributed by atoms with van der Waals surface area (Å²) < 4.78 is 1.41. The minimum absolute atomic E-state index is 0.0422. The molecule has 1 aromatic heterocycles. The summed E-state index contributed by atoms with van der Waals surface area (Å²) in [4.78, 5) is 11.9. The second-order valence-electron chi connectivity index (χ2n) is 3.55. The van der Waals surface area contributed by atoms with Crippen molar-refractivity contribution >= 4 is 10.8 Å². The Labute approximate surface area is 87.6 Å². The molecule has 0 aliphatic heterocycles. The summed E-state index contributed by atoms with van der Waals surface area (Å²) in [6, 6.07) is 8.92. The minimum atomic E-state index is -0.118. The molecule has 0 saturated carbocycles. The molecule has 0 radical (unpaired) electrons. The first kappa shape index (κ1) is 9.77. The third-order valence-corrected chi connectivity index (χ3v) is 2.44. The van der Waals surface area contributed by atoms with Crippen molar-refractivity contribution in [2.75, 3.05) is 0 Å². The number of benzene rings is 1. The van der Waals surface area contributed by atoms with E-state index in [1.807, 2.05) is 25.1 Å². The Balaban J connectivity index is 2.78. The van der Waals surface area contributed by atoms with Crippen LogP contribution in [0.5, 0.6) is 5.88 Å². The third-order valence-electron chi connectivity index (χ3n) is 2.44. The van der Waals surface area contributed by atoms with Crippen LogP contribution in [0.15, 0.2) is 35.1 Å². The molecular weight excluding hydrogens is 190 g/mol. The highest BCUT2D eigenvalue weighted by Crippen LogP contribution is 2.16. The fourth-order valence-electron chi connectivity index (χ4n) is 1.72. The van der Waals surface area contributed by atoms with E-state index in [4.69, 9.17) is 0 Å². The molecule has 78 valence electrons. The van der Waals surface area contributed by atoms with Gasteiger partial charge < -0.3 is 5.11 Å². The second-order valence-corrected chi connectivity index (χ2v) is 3.55. The van der Waals surface area contributed by atoms with Gasteiger partial charge in [-0.05, 0) is 17.9 Å². The van der Waals surface area contributed by atoms with Crippen LogP contribution < -0.4 is 5.56 Å². The predicted molar refractivity (Wildman–Crippen MR) is 60.2 cm³/mol. The molecule has 0 unspecified atom stereocenters. The molecule has 3 nitrogen and oxygen atoms in total. The Morgan fingerprint density at radius 2 is 2.07 bits per heavy atom. The van der Waals surface area contributed by atoms with Gasteiger partial charge in [-0.15, -0.1) is 0 Å². The fraction of sp³-hybridized carbons (Fsp3) is 0.250. The summed E-state index contributed by atoms with van der Waals surface area (Å²) in [5.74, 6) is 0.0422. The zero-order valence-corrected chi connectivity index (χ0v) is 8.60. The molecule has 15 heavy (non-hydrogen) atoms. The molecule has 1 aromatic carbocycles. The summed E-state index contributed by atoms with van der Waals surface area (Å²) in [6.45, 7) is 2.52. The molecule has 0 aliphatic carbocycles. The Bertz CT molecular complexity index is 543. The third kappa shape index (κ3) is 1.61. The molecule has 0 bridgehead atoms. The molecule has 1 N–H and O–H groups in total. The average molecular weight is 203 g/mol. The van der Waals surface area contributed by atoms with Crippen molar-refractivity contribution in [3.05, 3.63) is 40.7 Å². The Hall–Kier alpha value is -1.77. The lowest BCUT2D eigenvalue weighted by molar-refractivity contribution is 0.407. The summed E-state index contributed by atoms with van der Waals surface area (Å²) in [6.07, 6.45) is 0.825. The summed E-state index contributed by atoms with van der Waals surface area (Å²) in [7, 11) is 0. The first-order valence-electron chi connectivity index (χ1n) is 5.05. The van der Waals surface area contributed by atoms with Gasteiger partial charge >= 0.3 is 0 Å². The number of nitrogens with zero attached hydrogens (tertiary/aromatic N) is 1. The number of aromatic nitrogens is 1. The number of hydrogen-bond donors (Lipinski definition) is 1. The predicted octanol–water partition coefficient (Wildman–Crippen LogP) is 2.12.